The maximum atomic E-state index is 12.0. The molecule has 1 aliphatic rings. The van der Waals surface area contributed by atoms with Crippen molar-refractivity contribution in [1.29, 1.82) is 0 Å². The lowest BCUT2D eigenvalue weighted by Gasteiger charge is -2.39. The summed E-state index contributed by atoms with van der Waals surface area (Å²) in [6.45, 7) is 11.1. The minimum absolute atomic E-state index is 0.185. The van der Waals surface area contributed by atoms with Gasteiger partial charge in [0.25, 0.3) is 5.91 Å². The van der Waals surface area contributed by atoms with Crippen molar-refractivity contribution in [2.45, 2.75) is 26.8 Å². The van der Waals surface area contributed by atoms with Gasteiger partial charge in [0.1, 0.15) is 0 Å². The van der Waals surface area contributed by atoms with E-state index >= 15 is 0 Å². The number of hydrogen-bond donors (Lipinski definition) is 1. The summed E-state index contributed by atoms with van der Waals surface area (Å²) in [5, 5.41) is 6.72. The molecule has 1 amide bonds. The van der Waals surface area contributed by atoms with E-state index in [0.717, 1.165) is 31.9 Å². The molecule has 1 N–H and O–H groups in total. The van der Waals surface area contributed by atoms with Crippen LogP contribution in [0.3, 0.4) is 0 Å². The Morgan fingerprint density at radius 1 is 1.38 bits per heavy atom. The Morgan fingerprint density at radius 2 is 2.05 bits per heavy atom. The minimum atomic E-state index is -0.185. The number of hydrogen-bond acceptors (Lipinski definition) is 5. The monoisotopic (exact) mass is 294 g/mol. The third kappa shape index (κ3) is 4.28. The second kappa shape index (κ2) is 7.04. The molecule has 6 heteroatoms. The first-order valence-corrected chi connectivity index (χ1v) is 7.61. The van der Waals surface area contributed by atoms with Crippen molar-refractivity contribution in [3.05, 3.63) is 17.5 Å². The molecule has 0 radical (unpaired) electrons. The van der Waals surface area contributed by atoms with E-state index in [9.17, 15) is 4.79 Å². The normalized spacial score (nSPS) is 18.9. The molecular weight excluding hydrogens is 268 g/mol. The van der Waals surface area contributed by atoms with Crippen LogP contribution in [0.25, 0.3) is 0 Å². The summed E-state index contributed by atoms with van der Waals surface area (Å²) in [5.74, 6) is 0.592. The average Bonchev–Trinajstić information content (AvgIpc) is 2.87. The fraction of sp³-hybridized carbons (Fsp3) is 0.733. The van der Waals surface area contributed by atoms with Crippen LogP contribution in [0.1, 0.15) is 30.1 Å². The maximum Gasteiger partial charge on any atom is 0.289 e. The van der Waals surface area contributed by atoms with Crippen LogP contribution in [0.2, 0.25) is 0 Å². The summed E-state index contributed by atoms with van der Waals surface area (Å²) in [6.07, 6.45) is 0. The number of nitrogens with zero attached hydrogens (tertiary/aromatic N) is 3. The lowest BCUT2D eigenvalue weighted by molar-refractivity contribution is 0.0772. The van der Waals surface area contributed by atoms with E-state index in [1.807, 2.05) is 0 Å². The number of aryl methyl sites for hydroxylation is 1. The number of aromatic nitrogens is 1. The number of nitrogens with one attached hydrogen (secondary N) is 1. The van der Waals surface area contributed by atoms with Gasteiger partial charge in [-0.05, 0) is 19.9 Å². The van der Waals surface area contributed by atoms with Crippen molar-refractivity contribution in [3.63, 3.8) is 0 Å². The molecule has 1 saturated heterocycles. The van der Waals surface area contributed by atoms with Crippen LogP contribution in [0.4, 0.5) is 0 Å². The fourth-order valence-corrected chi connectivity index (χ4v) is 2.69. The highest BCUT2D eigenvalue weighted by Gasteiger charge is 2.25. The first-order valence-electron chi connectivity index (χ1n) is 7.61. The summed E-state index contributed by atoms with van der Waals surface area (Å²) in [7, 11) is 2.15. The van der Waals surface area contributed by atoms with Gasteiger partial charge in [0.15, 0.2) is 0 Å². The Labute approximate surface area is 126 Å². The van der Waals surface area contributed by atoms with Crippen LogP contribution in [-0.2, 0) is 0 Å². The number of rotatable bonds is 5. The summed E-state index contributed by atoms with van der Waals surface area (Å²) >= 11 is 0. The van der Waals surface area contributed by atoms with Gasteiger partial charge < -0.3 is 14.7 Å². The number of likely N-dealkylation sites (N-methyl/N-ethyl adjacent to an activating group) is 1. The van der Waals surface area contributed by atoms with Crippen molar-refractivity contribution in [1.82, 2.24) is 20.3 Å². The molecule has 0 saturated carbocycles. The molecule has 1 fully saturated rings. The minimum Gasteiger partial charge on any atom is -0.351 e. The van der Waals surface area contributed by atoms with Gasteiger partial charge in [-0.15, -0.1) is 0 Å². The molecule has 21 heavy (non-hydrogen) atoms. The highest BCUT2D eigenvalue weighted by Crippen LogP contribution is 2.13. The van der Waals surface area contributed by atoms with Crippen molar-refractivity contribution >= 4 is 5.91 Å². The van der Waals surface area contributed by atoms with Crippen molar-refractivity contribution < 1.29 is 9.32 Å². The first kappa shape index (κ1) is 16.0. The molecule has 1 atom stereocenters. The molecule has 118 valence electrons. The number of carbonyl (C=O) groups excluding carboxylic acids is 1. The van der Waals surface area contributed by atoms with Crippen LogP contribution in [0.15, 0.2) is 10.6 Å². The number of piperazine rings is 1. The third-order valence-electron chi connectivity index (χ3n) is 4.10. The van der Waals surface area contributed by atoms with Crippen LogP contribution in [-0.4, -0.2) is 66.7 Å². The summed E-state index contributed by atoms with van der Waals surface area (Å²) in [5.41, 5.74) is 0.722. The second-order valence-corrected chi connectivity index (χ2v) is 6.19. The average molecular weight is 294 g/mol. The molecule has 0 aromatic carbocycles. The molecule has 1 aliphatic heterocycles. The smallest absolute Gasteiger partial charge is 0.289 e. The summed E-state index contributed by atoms with van der Waals surface area (Å²) in [6, 6.07) is 2.02. The molecule has 0 spiro atoms. The van der Waals surface area contributed by atoms with Crippen LogP contribution in [0, 0.1) is 12.8 Å². The number of carbonyl (C=O) groups is 1. The van der Waals surface area contributed by atoms with E-state index in [2.05, 4.69) is 41.2 Å². The highest BCUT2D eigenvalue weighted by atomic mass is 16.5. The summed E-state index contributed by atoms with van der Waals surface area (Å²) < 4.78 is 5.00. The van der Waals surface area contributed by atoms with Crippen LogP contribution >= 0.6 is 0 Å². The molecule has 1 unspecified atom stereocenters. The Kier molecular flexibility index (Phi) is 5.36. The van der Waals surface area contributed by atoms with Crippen molar-refractivity contribution in [3.8, 4) is 0 Å². The topological polar surface area (TPSA) is 61.6 Å². The molecule has 1 aromatic rings. The Hall–Kier alpha value is -1.40. The fourth-order valence-electron chi connectivity index (χ4n) is 2.69. The molecule has 2 rings (SSSR count). The lowest BCUT2D eigenvalue weighted by Crippen LogP contribution is -2.54. The van der Waals surface area contributed by atoms with E-state index in [1.54, 1.807) is 13.0 Å². The maximum absolute atomic E-state index is 12.0. The van der Waals surface area contributed by atoms with Gasteiger partial charge >= 0.3 is 0 Å². The SMILES string of the molecule is Cc1cc(C(=O)NCC(C(C)C)N2CCN(C)CC2)on1. The van der Waals surface area contributed by atoms with Gasteiger partial charge in [-0.1, -0.05) is 19.0 Å². The molecule has 6 nitrogen and oxygen atoms in total. The van der Waals surface area contributed by atoms with Crippen LogP contribution < -0.4 is 5.32 Å². The van der Waals surface area contributed by atoms with E-state index in [0.29, 0.717) is 18.5 Å². The Bertz CT molecular complexity index is 464. The van der Waals surface area contributed by atoms with E-state index in [1.165, 1.54) is 0 Å². The predicted molar refractivity (Wildman–Crippen MR) is 81.3 cm³/mol. The second-order valence-electron chi connectivity index (χ2n) is 6.19. The van der Waals surface area contributed by atoms with Crippen LogP contribution in [0.5, 0.6) is 0 Å². The highest BCUT2D eigenvalue weighted by molar-refractivity contribution is 5.91. The zero-order valence-electron chi connectivity index (χ0n) is 13.4. The van der Waals surface area contributed by atoms with Crippen molar-refractivity contribution in [2.24, 2.45) is 5.92 Å². The molecule has 0 bridgehead atoms. The van der Waals surface area contributed by atoms with E-state index < -0.39 is 0 Å². The third-order valence-corrected chi connectivity index (χ3v) is 4.10. The predicted octanol–water partition coefficient (Wildman–Crippen LogP) is 0.985. The number of amides is 1. The van der Waals surface area contributed by atoms with E-state index in [-0.39, 0.29) is 11.7 Å². The molecule has 2 heterocycles. The first-order chi connectivity index (χ1) is 9.97. The summed E-state index contributed by atoms with van der Waals surface area (Å²) in [4.78, 5) is 16.9. The van der Waals surface area contributed by atoms with E-state index in [4.69, 9.17) is 4.52 Å². The van der Waals surface area contributed by atoms with Gasteiger partial charge in [-0.2, -0.15) is 0 Å². The largest absolute Gasteiger partial charge is 0.351 e. The zero-order chi connectivity index (χ0) is 15.4. The Morgan fingerprint density at radius 3 is 2.57 bits per heavy atom. The van der Waals surface area contributed by atoms with Gasteiger partial charge in [-0.25, -0.2) is 0 Å². The lowest BCUT2D eigenvalue weighted by atomic mass is 10.0. The zero-order valence-corrected chi connectivity index (χ0v) is 13.4. The molecular formula is C15H26N4O2. The van der Waals surface area contributed by atoms with Gasteiger partial charge in [0.2, 0.25) is 5.76 Å². The van der Waals surface area contributed by atoms with Gasteiger partial charge in [-0.3, -0.25) is 9.69 Å². The Balaban J connectivity index is 1.89. The molecule has 0 aliphatic carbocycles. The quantitative estimate of drug-likeness (QED) is 0.877. The molecule has 1 aromatic heterocycles. The van der Waals surface area contributed by atoms with Gasteiger partial charge in [0.05, 0.1) is 5.69 Å². The standard InChI is InChI=1S/C15H26N4O2/c1-11(2)13(19-7-5-18(4)6-8-19)10-16-15(20)14-9-12(3)17-21-14/h9,11,13H,5-8,10H2,1-4H3,(H,16,20). The van der Waals surface area contributed by atoms with Crippen molar-refractivity contribution in [2.75, 3.05) is 39.8 Å². The van der Waals surface area contributed by atoms with Gasteiger partial charge in [0, 0.05) is 44.8 Å².